The zero-order valence-electron chi connectivity index (χ0n) is 20.7. The Labute approximate surface area is 214 Å². The third kappa shape index (κ3) is 6.62. The van der Waals surface area contributed by atoms with Gasteiger partial charge in [0.2, 0.25) is 0 Å². The van der Waals surface area contributed by atoms with Gasteiger partial charge in [0.15, 0.2) is 11.6 Å². The SMILES string of the molecule is COc1ccc2nccc([C@H](O)CC[C@@H]3CCN(CC#Cc4cccc(F)c4F)C[C@@H]3CC(=O)O)c2c1. The maximum atomic E-state index is 13.8. The van der Waals surface area contributed by atoms with E-state index in [9.17, 15) is 23.8 Å². The van der Waals surface area contributed by atoms with E-state index < -0.39 is 23.7 Å². The number of piperidine rings is 1. The lowest BCUT2D eigenvalue weighted by Gasteiger charge is -2.37. The van der Waals surface area contributed by atoms with E-state index in [1.165, 1.54) is 12.1 Å². The average molecular weight is 509 g/mol. The van der Waals surface area contributed by atoms with Gasteiger partial charge in [0.25, 0.3) is 0 Å². The normalized spacial score (nSPS) is 18.7. The third-order valence-corrected chi connectivity index (χ3v) is 7.04. The molecule has 0 spiro atoms. The molecule has 0 saturated carbocycles. The van der Waals surface area contributed by atoms with Crippen molar-refractivity contribution in [1.29, 1.82) is 0 Å². The predicted molar refractivity (Wildman–Crippen MR) is 136 cm³/mol. The lowest BCUT2D eigenvalue weighted by Crippen LogP contribution is -2.41. The van der Waals surface area contributed by atoms with Crippen LogP contribution in [0.25, 0.3) is 10.9 Å². The quantitative estimate of drug-likeness (QED) is 0.426. The van der Waals surface area contributed by atoms with Crippen molar-refractivity contribution in [3.63, 3.8) is 0 Å². The molecule has 0 bridgehead atoms. The van der Waals surface area contributed by atoms with Crippen LogP contribution in [0.15, 0.2) is 48.7 Å². The van der Waals surface area contributed by atoms with Crippen LogP contribution in [-0.2, 0) is 4.79 Å². The fraction of sp³-hybridized carbons (Fsp3) is 0.379. The third-order valence-electron chi connectivity index (χ3n) is 7.04. The lowest BCUT2D eigenvalue weighted by molar-refractivity contribution is -0.139. The largest absolute Gasteiger partial charge is 0.497 e. The number of carboxylic acid groups (broad SMARTS) is 1. The number of nitrogens with zero attached hydrogens (tertiary/aromatic N) is 2. The highest BCUT2D eigenvalue weighted by Gasteiger charge is 2.31. The number of halogens is 2. The maximum absolute atomic E-state index is 13.8. The van der Waals surface area contributed by atoms with Crippen molar-refractivity contribution in [1.82, 2.24) is 9.88 Å². The Morgan fingerprint density at radius 3 is 2.86 bits per heavy atom. The summed E-state index contributed by atoms with van der Waals surface area (Å²) in [5.41, 5.74) is 1.55. The Hall–Kier alpha value is -3.54. The highest BCUT2D eigenvalue weighted by Crippen LogP contribution is 2.34. The van der Waals surface area contributed by atoms with Gasteiger partial charge in [0.1, 0.15) is 5.75 Å². The minimum absolute atomic E-state index is 0.00668. The van der Waals surface area contributed by atoms with Crippen molar-refractivity contribution >= 4 is 16.9 Å². The van der Waals surface area contributed by atoms with Crippen molar-refractivity contribution in [3.8, 4) is 17.6 Å². The summed E-state index contributed by atoms with van der Waals surface area (Å²) in [5.74, 6) is 3.54. The minimum Gasteiger partial charge on any atom is -0.497 e. The Morgan fingerprint density at radius 1 is 1.24 bits per heavy atom. The number of likely N-dealkylation sites (tertiary alicyclic amines) is 1. The average Bonchev–Trinajstić information content (AvgIpc) is 2.89. The first-order valence-electron chi connectivity index (χ1n) is 12.3. The molecule has 4 rings (SSSR count). The number of rotatable bonds is 8. The van der Waals surface area contributed by atoms with E-state index in [1.54, 1.807) is 13.3 Å². The van der Waals surface area contributed by atoms with Crippen LogP contribution in [0.4, 0.5) is 8.78 Å². The first-order valence-corrected chi connectivity index (χ1v) is 12.3. The summed E-state index contributed by atoms with van der Waals surface area (Å²) in [6.07, 6.45) is 2.93. The number of pyridine rings is 1. The predicted octanol–water partition coefficient (Wildman–Crippen LogP) is 4.80. The van der Waals surface area contributed by atoms with Gasteiger partial charge in [0, 0.05) is 24.5 Å². The van der Waals surface area contributed by atoms with E-state index in [4.69, 9.17) is 4.74 Å². The molecule has 0 unspecified atom stereocenters. The topological polar surface area (TPSA) is 82.9 Å². The molecule has 0 radical (unpaired) electrons. The van der Waals surface area contributed by atoms with E-state index in [-0.39, 0.29) is 23.8 Å². The van der Waals surface area contributed by atoms with Crippen molar-refractivity contribution in [3.05, 3.63) is 71.4 Å². The summed E-state index contributed by atoms with van der Waals surface area (Å²) in [7, 11) is 1.59. The first-order chi connectivity index (χ1) is 17.9. The number of carbonyl (C=O) groups is 1. The molecule has 3 aromatic rings. The number of ether oxygens (including phenoxy) is 1. The van der Waals surface area contributed by atoms with Crippen LogP contribution >= 0.6 is 0 Å². The number of benzene rings is 2. The number of aliphatic hydroxyl groups excluding tert-OH is 1. The van der Waals surface area contributed by atoms with Crippen molar-refractivity contribution in [2.75, 3.05) is 26.7 Å². The zero-order valence-corrected chi connectivity index (χ0v) is 20.7. The molecule has 6 nitrogen and oxygen atoms in total. The number of carboxylic acids is 1. The monoisotopic (exact) mass is 508 g/mol. The fourth-order valence-electron chi connectivity index (χ4n) is 5.07. The van der Waals surface area contributed by atoms with Gasteiger partial charge in [-0.1, -0.05) is 17.9 Å². The van der Waals surface area contributed by atoms with Crippen LogP contribution in [0.2, 0.25) is 0 Å². The molecule has 2 heterocycles. The molecule has 2 N–H and O–H groups in total. The van der Waals surface area contributed by atoms with Crippen LogP contribution in [0.3, 0.4) is 0 Å². The van der Waals surface area contributed by atoms with Crippen LogP contribution in [-0.4, -0.2) is 52.8 Å². The van der Waals surface area contributed by atoms with Gasteiger partial charge in [0.05, 0.1) is 30.8 Å². The number of aliphatic carboxylic acids is 1. The molecule has 1 aliphatic rings. The van der Waals surface area contributed by atoms with Gasteiger partial charge in [-0.2, -0.15) is 0 Å². The minimum atomic E-state index is -0.962. The maximum Gasteiger partial charge on any atom is 0.303 e. The molecule has 1 aromatic heterocycles. The van der Waals surface area contributed by atoms with Crippen LogP contribution in [0.1, 0.15) is 42.9 Å². The molecule has 0 aliphatic carbocycles. The highest BCUT2D eigenvalue weighted by molar-refractivity contribution is 5.83. The summed E-state index contributed by atoms with van der Waals surface area (Å²) < 4.78 is 32.5. The number of aromatic nitrogens is 1. The Bertz CT molecular complexity index is 1320. The van der Waals surface area contributed by atoms with Crippen LogP contribution in [0, 0.1) is 35.3 Å². The molecule has 1 aliphatic heterocycles. The second-order valence-corrected chi connectivity index (χ2v) is 9.42. The van der Waals surface area contributed by atoms with Crippen molar-refractivity contribution in [2.24, 2.45) is 11.8 Å². The summed E-state index contributed by atoms with van der Waals surface area (Å²) in [5, 5.41) is 21.3. The second-order valence-electron chi connectivity index (χ2n) is 9.42. The number of hydrogen-bond donors (Lipinski definition) is 2. The van der Waals surface area contributed by atoms with Gasteiger partial charge < -0.3 is 14.9 Å². The van der Waals surface area contributed by atoms with E-state index in [0.717, 1.165) is 29.0 Å². The van der Waals surface area contributed by atoms with Gasteiger partial charge in [-0.3, -0.25) is 14.7 Å². The van der Waals surface area contributed by atoms with E-state index in [0.29, 0.717) is 38.2 Å². The second kappa shape index (κ2) is 12.1. The molecule has 1 saturated heterocycles. The van der Waals surface area contributed by atoms with Crippen molar-refractivity contribution < 1.29 is 28.5 Å². The molecule has 1 fully saturated rings. The van der Waals surface area contributed by atoms with E-state index in [1.807, 2.05) is 29.2 Å². The van der Waals surface area contributed by atoms with Crippen LogP contribution in [0.5, 0.6) is 5.75 Å². The first kappa shape index (κ1) is 26.5. The van der Waals surface area contributed by atoms with Gasteiger partial charge >= 0.3 is 5.97 Å². The van der Waals surface area contributed by atoms with Crippen LogP contribution < -0.4 is 4.74 Å². The molecule has 37 heavy (non-hydrogen) atoms. The van der Waals surface area contributed by atoms with Crippen molar-refractivity contribution in [2.45, 2.75) is 31.8 Å². The summed E-state index contributed by atoms with van der Waals surface area (Å²) in [6.45, 7) is 1.60. The lowest BCUT2D eigenvalue weighted by atomic mass is 9.79. The fourth-order valence-corrected chi connectivity index (χ4v) is 5.07. The number of aliphatic hydroxyl groups is 1. The Kier molecular flexibility index (Phi) is 8.70. The molecule has 8 heteroatoms. The number of hydrogen-bond acceptors (Lipinski definition) is 5. The van der Waals surface area contributed by atoms with E-state index >= 15 is 0 Å². The molecular formula is C29H30F2N2O4. The Morgan fingerprint density at radius 2 is 2.08 bits per heavy atom. The standard InChI is InChI=1S/C29H30F2N2O4/c1-37-22-8-9-26-24(17-22)23(11-13-32-26)27(34)10-7-19-12-15-33(18-21(19)16-28(35)36)14-3-5-20-4-2-6-25(30)29(20)31/h2,4,6,8-9,11,13,17,19,21,27,34H,7,10,12,14-16,18H2,1H3,(H,35,36)/t19-,21+,27-/m1/s1. The summed E-state index contributed by atoms with van der Waals surface area (Å²) >= 11 is 0. The summed E-state index contributed by atoms with van der Waals surface area (Å²) in [6, 6.07) is 11.2. The molecular weight excluding hydrogens is 478 g/mol. The highest BCUT2D eigenvalue weighted by atomic mass is 19.2. The smallest absolute Gasteiger partial charge is 0.303 e. The molecule has 194 valence electrons. The van der Waals surface area contributed by atoms with Gasteiger partial charge in [-0.15, -0.1) is 0 Å². The summed E-state index contributed by atoms with van der Waals surface area (Å²) in [4.78, 5) is 18.0. The number of fused-ring (bicyclic) bond motifs is 1. The Balaban J connectivity index is 1.40. The van der Waals surface area contributed by atoms with E-state index in [2.05, 4.69) is 16.8 Å². The molecule has 2 aromatic carbocycles. The number of methoxy groups -OCH3 is 1. The van der Waals surface area contributed by atoms with Gasteiger partial charge in [-0.25, -0.2) is 8.78 Å². The zero-order chi connectivity index (χ0) is 26.4. The molecule has 3 atom stereocenters. The molecule has 0 amide bonds. The van der Waals surface area contributed by atoms with Gasteiger partial charge in [-0.05, 0) is 79.6 Å².